The fraction of sp³-hybridized carbons (Fsp3) is 0.588. The highest BCUT2D eigenvalue weighted by Crippen LogP contribution is 2.47. The Balaban J connectivity index is 1.65. The molecular formula is C17H22F2N2O2. The molecule has 5 unspecified atom stereocenters. The number of nitrogens with one attached hydrogen (secondary N) is 1. The van der Waals surface area contributed by atoms with Crippen LogP contribution >= 0.6 is 0 Å². The van der Waals surface area contributed by atoms with Gasteiger partial charge in [-0.2, -0.15) is 8.78 Å². The van der Waals surface area contributed by atoms with E-state index in [1.54, 1.807) is 12.1 Å². The molecule has 2 fully saturated rings. The summed E-state index contributed by atoms with van der Waals surface area (Å²) in [7, 11) is 0. The summed E-state index contributed by atoms with van der Waals surface area (Å²) in [5, 5.41) is 2.97. The monoisotopic (exact) mass is 324 g/mol. The van der Waals surface area contributed by atoms with Gasteiger partial charge in [0, 0.05) is 6.04 Å². The molecule has 3 N–H and O–H groups in total. The zero-order chi connectivity index (χ0) is 16.6. The molecule has 23 heavy (non-hydrogen) atoms. The summed E-state index contributed by atoms with van der Waals surface area (Å²) in [6, 6.07) is 6.07. The molecule has 2 aliphatic rings. The van der Waals surface area contributed by atoms with Crippen molar-refractivity contribution in [3.8, 4) is 5.75 Å². The number of halogens is 2. The van der Waals surface area contributed by atoms with Gasteiger partial charge in [0.05, 0.1) is 12.0 Å². The van der Waals surface area contributed by atoms with Gasteiger partial charge < -0.3 is 15.8 Å². The number of hydrogen-bond donors (Lipinski definition) is 2. The number of carbonyl (C=O) groups excluding carboxylic acids is 1. The van der Waals surface area contributed by atoms with Crippen LogP contribution in [0.2, 0.25) is 0 Å². The van der Waals surface area contributed by atoms with Crippen LogP contribution in [0.4, 0.5) is 8.78 Å². The highest BCUT2D eigenvalue weighted by Gasteiger charge is 2.49. The van der Waals surface area contributed by atoms with Crippen LogP contribution in [-0.2, 0) is 4.79 Å². The number of fused-ring (bicyclic) bond motifs is 2. The second kappa shape index (κ2) is 6.43. The first kappa shape index (κ1) is 16.2. The van der Waals surface area contributed by atoms with E-state index in [1.165, 1.54) is 12.1 Å². The molecule has 0 saturated heterocycles. The van der Waals surface area contributed by atoms with Gasteiger partial charge in [-0.15, -0.1) is 0 Å². The number of hydrogen-bond acceptors (Lipinski definition) is 3. The SMILES string of the molecule is CC(NC(=O)C1C2CCC(C2)C1N)c1cccc(OC(F)F)c1. The molecule has 3 rings (SSSR count). The van der Waals surface area contributed by atoms with Crippen LogP contribution < -0.4 is 15.8 Å². The summed E-state index contributed by atoms with van der Waals surface area (Å²) in [5.41, 5.74) is 6.92. The summed E-state index contributed by atoms with van der Waals surface area (Å²) < 4.78 is 29.0. The molecule has 2 bridgehead atoms. The van der Waals surface area contributed by atoms with Crippen LogP contribution in [0.25, 0.3) is 0 Å². The fourth-order valence-corrected chi connectivity index (χ4v) is 4.08. The minimum Gasteiger partial charge on any atom is -0.435 e. The minimum absolute atomic E-state index is 0.0302. The first-order valence-corrected chi connectivity index (χ1v) is 8.06. The van der Waals surface area contributed by atoms with Gasteiger partial charge in [0.15, 0.2) is 0 Å². The van der Waals surface area contributed by atoms with Gasteiger partial charge in [0.25, 0.3) is 0 Å². The van der Waals surface area contributed by atoms with Gasteiger partial charge in [-0.3, -0.25) is 4.79 Å². The molecule has 6 heteroatoms. The molecule has 126 valence electrons. The maximum absolute atomic E-state index is 12.5. The predicted molar refractivity (Wildman–Crippen MR) is 81.9 cm³/mol. The number of amides is 1. The second-order valence-electron chi connectivity index (χ2n) is 6.62. The van der Waals surface area contributed by atoms with E-state index in [-0.39, 0.29) is 29.7 Å². The Labute approximate surface area is 134 Å². The fourth-order valence-electron chi connectivity index (χ4n) is 4.08. The lowest BCUT2D eigenvalue weighted by Gasteiger charge is -2.28. The highest BCUT2D eigenvalue weighted by atomic mass is 19.3. The molecule has 0 spiro atoms. The number of carbonyl (C=O) groups is 1. The molecular weight excluding hydrogens is 302 g/mol. The van der Waals surface area contributed by atoms with Gasteiger partial charge in [-0.25, -0.2) is 0 Å². The van der Waals surface area contributed by atoms with Crippen LogP contribution in [0.3, 0.4) is 0 Å². The molecule has 1 amide bonds. The highest BCUT2D eigenvalue weighted by molar-refractivity contribution is 5.80. The Hall–Kier alpha value is -1.69. The quantitative estimate of drug-likeness (QED) is 0.875. The van der Waals surface area contributed by atoms with E-state index in [0.29, 0.717) is 11.8 Å². The minimum atomic E-state index is -2.86. The van der Waals surface area contributed by atoms with E-state index < -0.39 is 6.61 Å². The zero-order valence-corrected chi connectivity index (χ0v) is 13.0. The number of alkyl halides is 2. The second-order valence-corrected chi connectivity index (χ2v) is 6.62. The van der Waals surface area contributed by atoms with Crippen LogP contribution in [0.1, 0.15) is 37.8 Å². The molecule has 0 radical (unpaired) electrons. The van der Waals surface area contributed by atoms with Crippen molar-refractivity contribution in [3.05, 3.63) is 29.8 Å². The third-order valence-electron chi connectivity index (χ3n) is 5.23. The van der Waals surface area contributed by atoms with Crippen molar-refractivity contribution in [2.75, 3.05) is 0 Å². The summed E-state index contributed by atoms with van der Waals surface area (Å²) in [5.74, 6) is 0.786. The van der Waals surface area contributed by atoms with Gasteiger partial charge in [0.2, 0.25) is 5.91 Å². The molecule has 1 aromatic rings. The van der Waals surface area contributed by atoms with E-state index in [9.17, 15) is 13.6 Å². The first-order valence-electron chi connectivity index (χ1n) is 8.06. The summed E-state index contributed by atoms with van der Waals surface area (Å²) in [6.07, 6.45) is 3.24. The molecule has 2 aliphatic carbocycles. The van der Waals surface area contributed by atoms with E-state index >= 15 is 0 Å². The Morgan fingerprint density at radius 2 is 2.09 bits per heavy atom. The van der Waals surface area contributed by atoms with Gasteiger partial charge in [-0.1, -0.05) is 12.1 Å². The lowest BCUT2D eigenvalue weighted by Crippen LogP contribution is -2.45. The average Bonchev–Trinajstić information content (AvgIpc) is 3.07. The van der Waals surface area contributed by atoms with E-state index in [0.717, 1.165) is 24.8 Å². The van der Waals surface area contributed by atoms with Crippen LogP contribution in [0.15, 0.2) is 24.3 Å². The lowest BCUT2D eigenvalue weighted by molar-refractivity contribution is -0.127. The van der Waals surface area contributed by atoms with E-state index in [1.807, 2.05) is 6.92 Å². The van der Waals surface area contributed by atoms with Crippen molar-refractivity contribution >= 4 is 5.91 Å². The first-order chi connectivity index (χ1) is 11.0. The largest absolute Gasteiger partial charge is 0.435 e. The number of ether oxygens (including phenoxy) is 1. The topological polar surface area (TPSA) is 64.4 Å². The normalized spacial score (nSPS) is 30.5. The maximum Gasteiger partial charge on any atom is 0.387 e. The van der Waals surface area contributed by atoms with Crippen molar-refractivity contribution in [3.63, 3.8) is 0 Å². The smallest absolute Gasteiger partial charge is 0.387 e. The third-order valence-corrected chi connectivity index (χ3v) is 5.23. The van der Waals surface area contributed by atoms with Crippen molar-refractivity contribution in [1.82, 2.24) is 5.32 Å². The van der Waals surface area contributed by atoms with Crippen molar-refractivity contribution in [2.45, 2.75) is 44.9 Å². The molecule has 2 saturated carbocycles. The number of nitrogens with two attached hydrogens (primary N) is 1. The van der Waals surface area contributed by atoms with Crippen LogP contribution in [0, 0.1) is 17.8 Å². The van der Waals surface area contributed by atoms with E-state index in [2.05, 4.69) is 10.1 Å². The molecule has 1 aromatic carbocycles. The Bertz CT molecular complexity index is 579. The molecule has 5 atom stereocenters. The Morgan fingerprint density at radius 3 is 2.74 bits per heavy atom. The van der Waals surface area contributed by atoms with Crippen LogP contribution in [0.5, 0.6) is 5.75 Å². The predicted octanol–water partition coefficient (Wildman–Crippen LogP) is 2.84. The van der Waals surface area contributed by atoms with Crippen molar-refractivity contribution in [2.24, 2.45) is 23.5 Å². The van der Waals surface area contributed by atoms with E-state index in [4.69, 9.17) is 5.73 Å². The standard InChI is InChI=1S/C17H22F2N2O2/c1-9(10-3-2-4-13(8-10)23-17(18)19)21-16(22)14-11-5-6-12(7-11)15(14)20/h2-4,8-9,11-12,14-15,17H,5-7,20H2,1H3,(H,21,22). The Morgan fingerprint density at radius 1 is 1.35 bits per heavy atom. The molecule has 0 heterocycles. The average molecular weight is 324 g/mol. The number of benzene rings is 1. The molecule has 0 aromatic heterocycles. The summed E-state index contributed by atoms with van der Waals surface area (Å²) in [4.78, 5) is 12.5. The number of rotatable bonds is 5. The van der Waals surface area contributed by atoms with Crippen molar-refractivity contribution in [1.29, 1.82) is 0 Å². The molecule has 0 aliphatic heterocycles. The maximum atomic E-state index is 12.5. The molecule has 4 nitrogen and oxygen atoms in total. The van der Waals surface area contributed by atoms with Gasteiger partial charge >= 0.3 is 6.61 Å². The Kier molecular flexibility index (Phi) is 4.53. The van der Waals surface area contributed by atoms with Gasteiger partial charge in [-0.05, 0) is 55.7 Å². The van der Waals surface area contributed by atoms with Crippen LogP contribution in [-0.4, -0.2) is 18.6 Å². The summed E-state index contributed by atoms with van der Waals surface area (Å²) in [6.45, 7) is -1.03. The van der Waals surface area contributed by atoms with Crippen molar-refractivity contribution < 1.29 is 18.3 Å². The third kappa shape index (κ3) is 3.32. The summed E-state index contributed by atoms with van der Waals surface area (Å²) >= 11 is 0. The lowest BCUT2D eigenvalue weighted by atomic mass is 9.84. The zero-order valence-electron chi connectivity index (χ0n) is 13.0. The van der Waals surface area contributed by atoms with Gasteiger partial charge in [0.1, 0.15) is 5.75 Å².